The topological polar surface area (TPSA) is 28.6 Å². The average molecular weight is 103 g/mol. The van der Waals surface area contributed by atoms with Gasteiger partial charge in [-0.25, -0.2) is 0 Å². The molecule has 0 unspecified atom stereocenters. The minimum Gasteiger partial charge on any atom is -0.348 e. The molecule has 0 radical (unpaired) electrons. The van der Waals surface area contributed by atoms with Crippen LogP contribution in [0.25, 0.3) is 0 Å². The summed E-state index contributed by atoms with van der Waals surface area (Å²) in [6, 6.07) is 0. The number of nitrogens with two attached hydrogens (primary N) is 1. The van der Waals surface area contributed by atoms with E-state index in [1.54, 1.807) is 0 Å². The summed E-state index contributed by atoms with van der Waals surface area (Å²) < 4.78 is 0. The fraction of sp³-hybridized carbons (Fsp3) is 1.00. The Kier molecular flexibility index (Phi) is 5.85. The zero-order valence-corrected chi connectivity index (χ0v) is 5.20. The van der Waals surface area contributed by atoms with E-state index in [1.165, 1.54) is 6.54 Å². The molecule has 3 N–H and O–H groups in total. The van der Waals surface area contributed by atoms with Crippen molar-refractivity contribution in [2.45, 2.75) is 6.92 Å². The Morgan fingerprint density at radius 1 is 1.57 bits per heavy atom. The molecule has 2 nitrogen and oxygen atoms in total. The summed E-state index contributed by atoms with van der Waals surface area (Å²) in [6.45, 7) is 5.53. The molecule has 0 aliphatic heterocycles. The van der Waals surface area contributed by atoms with Crippen molar-refractivity contribution in [2.75, 3.05) is 26.7 Å². The molecule has 7 heavy (non-hydrogen) atoms. The molecule has 0 spiro atoms. The molecular weight excluding hydrogens is 88.1 g/mol. The van der Waals surface area contributed by atoms with E-state index >= 15 is 0 Å². The van der Waals surface area contributed by atoms with E-state index in [-0.39, 0.29) is 0 Å². The van der Waals surface area contributed by atoms with Crippen LogP contribution in [0.1, 0.15) is 6.92 Å². The van der Waals surface area contributed by atoms with Gasteiger partial charge in [-0.2, -0.15) is 0 Å². The highest BCUT2D eigenvalue weighted by atomic mass is 14.9. The lowest BCUT2D eigenvalue weighted by Gasteiger charge is -1.94. The maximum Gasteiger partial charge on any atom is 0.0880 e. The molecule has 44 valence electrons. The fourth-order valence-corrected chi connectivity index (χ4v) is 0.423. The Hall–Kier alpha value is -0.0800. The number of quaternary nitrogens is 1. The maximum absolute atomic E-state index is 3.22. The summed E-state index contributed by atoms with van der Waals surface area (Å²) in [5.41, 5.74) is 0. The first kappa shape index (κ1) is 6.92. The van der Waals surface area contributed by atoms with Gasteiger partial charge in [-0.3, -0.25) is 0 Å². The molecule has 0 bridgehead atoms. The Balaban J connectivity index is 2.45. The highest BCUT2D eigenvalue weighted by Crippen LogP contribution is 1.47. The van der Waals surface area contributed by atoms with Crippen LogP contribution in [0.15, 0.2) is 0 Å². The lowest BCUT2D eigenvalue weighted by atomic mass is 10.6. The van der Waals surface area contributed by atoms with E-state index in [1.807, 2.05) is 0 Å². The summed E-state index contributed by atoms with van der Waals surface area (Å²) >= 11 is 0. The molecule has 0 aromatic heterocycles. The predicted octanol–water partition coefficient (Wildman–Crippen LogP) is -1.21. The van der Waals surface area contributed by atoms with Crippen LogP contribution in [0.3, 0.4) is 0 Å². The summed E-state index contributed by atoms with van der Waals surface area (Å²) in [5.74, 6) is 0. The van der Waals surface area contributed by atoms with Gasteiger partial charge in [0.05, 0.1) is 13.6 Å². The van der Waals surface area contributed by atoms with E-state index in [0.717, 1.165) is 13.1 Å². The van der Waals surface area contributed by atoms with Crippen LogP contribution in [0.4, 0.5) is 0 Å². The summed E-state index contributed by atoms with van der Waals surface area (Å²) in [6.07, 6.45) is 0. The highest BCUT2D eigenvalue weighted by Gasteiger charge is 1.78. The van der Waals surface area contributed by atoms with Crippen LogP contribution in [-0.2, 0) is 0 Å². The van der Waals surface area contributed by atoms with Crippen molar-refractivity contribution < 1.29 is 5.32 Å². The second-order valence-electron chi connectivity index (χ2n) is 1.55. The lowest BCUT2D eigenvalue weighted by molar-refractivity contribution is -0.625. The van der Waals surface area contributed by atoms with Crippen LogP contribution in [-0.4, -0.2) is 26.7 Å². The number of hydrogen-bond acceptors (Lipinski definition) is 1. The largest absolute Gasteiger partial charge is 0.348 e. The molecule has 0 heterocycles. The van der Waals surface area contributed by atoms with Crippen molar-refractivity contribution in [3.8, 4) is 0 Å². The molecule has 0 aliphatic carbocycles. The van der Waals surface area contributed by atoms with Gasteiger partial charge in [-0.05, 0) is 6.54 Å². The van der Waals surface area contributed by atoms with E-state index in [9.17, 15) is 0 Å². The van der Waals surface area contributed by atoms with Crippen LogP contribution < -0.4 is 10.6 Å². The van der Waals surface area contributed by atoms with E-state index in [0.29, 0.717) is 0 Å². The predicted molar refractivity (Wildman–Crippen MR) is 31.3 cm³/mol. The quantitative estimate of drug-likeness (QED) is 0.429. The second kappa shape index (κ2) is 5.92. The maximum atomic E-state index is 3.22. The van der Waals surface area contributed by atoms with Crippen molar-refractivity contribution in [1.29, 1.82) is 0 Å². The average Bonchev–Trinajstić information content (AvgIpc) is 1.69. The van der Waals surface area contributed by atoms with E-state index in [2.05, 4.69) is 24.6 Å². The molecule has 0 aromatic carbocycles. The molecule has 0 aromatic rings. The fourth-order valence-electron chi connectivity index (χ4n) is 0.423. The first-order chi connectivity index (χ1) is 3.41. The third-order valence-corrected chi connectivity index (χ3v) is 0.860. The molecule has 0 atom stereocenters. The van der Waals surface area contributed by atoms with Gasteiger partial charge in [0.25, 0.3) is 0 Å². The first-order valence-electron chi connectivity index (χ1n) is 2.90. The lowest BCUT2D eigenvalue weighted by Crippen LogP contribution is -2.81. The van der Waals surface area contributed by atoms with Gasteiger partial charge in [-0.1, -0.05) is 6.92 Å². The molecule has 0 saturated heterocycles. The molecule has 0 rings (SSSR count). The Labute approximate surface area is 45.3 Å². The van der Waals surface area contributed by atoms with Gasteiger partial charge in [0, 0.05) is 6.54 Å². The molecule has 2 heteroatoms. The van der Waals surface area contributed by atoms with E-state index in [4.69, 9.17) is 0 Å². The smallest absolute Gasteiger partial charge is 0.0880 e. The first-order valence-corrected chi connectivity index (χ1v) is 2.90. The van der Waals surface area contributed by atoms with Crippen LogP contribution in [0.2, 0.25) is 0 Å². The summed E-state index contributed by atoms with van der Waals surface area (Å²) in [5, 5.41) is 5.39. The number of nitrogens with one attached hydrogen (secondary N) is 1. The standard InChI is InChI=1S/C5H14N2/c1-3-7-5-4-6-2/h6-7H,3-5H2,1-2H3/p+1. The van der Waals surface area contributed by atoms with Gasteiger partial charge in [0.2, 0.25) is 0 Å². The highest BCUT2D eigenvalue weighted by molar-refractivity contribution is 4.34. The van der Waals surface area contributed by atoms with Crippen molar-refractivity contribution in [1.82, 2.24) is 5.32 Å². The zero-order valence-electron chi connectivity index (χ0n) is 5.20. The number of hydrogen-bond donors (Lipinski definition) is 2. The zero-order chi connectivity index (χ0) is 5.54. The molecule has 0 fully saturated rings. The molecule has 0 saturated carbocycles. The van der Waals surface area contributed by atoms with Crippen molar-refractivity contribution in [2.24, 2.45) is 0 Å². The Bertz CT molecular complexity index is 25.3. The van der Waals surface area contributed by atoms with Gasteiger partial charge in [0.1, 0.15) is 0 Å². The van der Waals surface area contributed by atoms with Crippen molar-refractivity contribution in [3.63, 3.8) is 0 Å². The minimum atomic E-state index is 1.09. The van der Waals surface area contributed by atoms with Gasteiger partial charge in [-0.15, -0.1) is 0 Å². The second-order valence-corrected chi connectivity index (χ2v) is 1.55. The van der Waals surface area contributed by atoms with E-state index < -0.39 is 0 Å². The summed E-state index contributed by atoms with van der Waals surface area (Å²) in [4.78, 5) is 0. The SMILES string of the molecule is CCNCC[NH2+]C. The Morgan fingerprint density at radius 3 is 2.71 bits per heavy atom. The Morgan fingerprint density at radius 2 is 2.29 bits per heavy atom. The third-order valence-electron chi connectivity index (χ3n) is 0.860. The van der Waals surface area contributed by atoms with Crippen LogP contribution >= 0.6 is 0 Å². The van der Waals surface area contributed by atoms with Crippen molar-refractivity contribution in [3.05, 3.63) is 0 Å². The molecule has 0 aliphatic rings. The van der Waals surface area contributed by atoms with Crippen molar-refractivity contribution >= 4 is 0 Å². The van der Waals surface area contributed by atoms with Gasteiger partial charge >= 0.3 is 0 Å². The third kappa shape index (κ3) is 5.92. The summed E-state index contributed by atoms with van der Waals surface area (Å²) in [7, 11) is 2.08. The monoisotopic (exact) mass is 103 g/mol. The minimum absolute atomic E-state index is 1.09. The number of rotatable bonds is 4. The van der Waals surface area contributed by atoms with Gasteiger partial charge in [0.15, 0.2) is 0 Å². The van der Waals surface area contributed by atoms with Crippen LogP contribution in [0, 0.1) is 0 Å². The van der Waals surface area contributed by atoms with Gasteiger partial charge < -0.3 is 10.6 Å². The molecule has 0 amide bonds. The normalized spacial score (nSPS) is 9.43. The van der Waals surface area contributed by atoms with Crippen LogP contribution in [0.5, 0.6) is 0 Å². The molecular formula is C5H15N2+. The number of likely N-dealkylation sites (N-methyl/N-ethyl adjacent to an activating group) is 2.